The van der Waals surface area contributed by atoms with Gasteiger partial charge in [-0.2, -0.15) is 0 Å². The largest absolute Gasteiger partial charge is 0.326 e. The van der Waals surface area contributed by atoms with Crippen molar-refractivity contribution in [2.75, 3.05) is 0 Å². The van der Waals surface area contributed by atoms with Crippen molar-refractivity contribution in [2.45, 2.75) is 13.5 Å². The Labute approximate surface area is 65.0 Å². The first-order valence-corrected chi connectivity index (χ1v) is 3.44. The Morgan fingerprint density at radius 1 is 1.60 bits per heavy atom. The van der Waals surface area contributed by atoms with Crippen molar-refractivity contribution in [2.24, 2.45) is 5.73 Å². The third kappa shape index (κ3) is 1.46. The van der Waals surface area contributed by atoms with Crippen molar-refractivity contribution in [3.63, 3.8) is 0 Å². The van der Waals surface area contributed by atoms with E-state index in [9.17, 15) is 0 Å². The van der Waals surface area contributed by atoms with Crippen molar-refractivity contribution >= 4 is 11.6 Å². The summed E-state index contributed by atoms with van der Waals surface area (Å²) in [6, 6.07) is 3.79. The number of hydrogen-bond donors (Lipinski definition) is 1. The summed E-state index contributed by atoms with van der Waals surface area (Å²) in [5.41, 5.74) is 7.19. The Hall–Kier alpha value is -0.600. The quantitative estimate of drug-likeness (QED) is 0.626. The van der Waals surface area contributed by atoms with E-state index in [0.717, 1.165) is 11.3 Å². The number of aromatic nitrogens is 1. The average Bonchev–Trinajstić information content (AvgIpc) is 1.88. The molecule has 2 N–H and O–H groups in total. The maximum absolute atomic E-state index is 5.74. The molecule has 0 spiro atoms. The highest BCUT2D eigenvalue weighted by Gasteiger charge is 1.97. The molecule has 1 aromatic rings. The van der Waals surface area contributed by atoms with Gasteiger partial charge >= 0.3 is 0 Å². The summed E-state index contributed by atoms with van der Waals surface area (Å²) < 4.78 is 0. The van der Waals surface area contributed by atoms with Crippen LogP contribution >= 0.6 is 11.6 Å². The molecule has 0 saturated heterocycles. The predicted octanol–water partition coefficient (Wildman–Crippen LogP) is 1.50. The van der Waals surface area contributed by atoms with E-state index in [-0.39, 0.29) is 0 Å². The van der Waals surface area contributed by atoms with Gasteiger partial charge in [-0.05, 0) is 13.0 Å². The lowest BCUT2D eigenvalue weighted by Crippen LogP contribution is -1.98. The summed E-state index contributed by atoms with van der Waals surface area (Å²) in [5, 5.41) is 0.516. The smallest absolute Gasteiger partial charge is 0.133 e. The molecule has 0 aromatic carbocycles. The van der Waals surface area contributed by atoms with Crippen molar-refractivity contribution in [1.29, 1.82) is 0 Å². The SMILES string of the molecule is Cc1ccc(CN)c(Cl)n1. The Morgan fingerprint density at radius 3 is 2.80 bits per heavy atom. The van der Waals surface area contributed by atoms with E-state index in [1.807, 2.05) is 19.1 Å². The Balaban J connectivity index is 3.07. The molecule has 0 amide bonds. The van der Waals surface area contributed by atoms with Crippen LogP contribution in [0.2, 0.25) is 5.15 Å². The fourth-order valence-corrected chi connectivity index (χ4v) is 0.980. The number of rotatable bonds is 1. The molecule has 0 atom stereocenters. The highest BCUT2D eigenvalue weighted by atomic mass is 35.5. The van der Waals surface area contributed by atoms with E-state index in [1.165, 1.54) is 0 Å². The van der Waals surface area contributed by atoms with Crippen LogP contribution in [0.3, 0.4) is 0 Å². The van der Waals surface area contributed by atoms with Crippen LogP contribution in [0.1, 0.15) is 11.3 Å². The molecule has 1 rings (SSSR count). The monoisotopic (exact) mass is 156 g/mol. The van der Waals surface area contributed by atoms with Crippen LogP contribution in [0.4, 0.5) is 0 Å². The van der Waals surface area contributed by atoms with Gasteiger partial charge in [0.25, 0.3) is 0 Å². The van der Waals surface area contributed by atoms with Gasteiger partial charge in [-0.15, -0.1) is 0 Å². The number of halogens is 1. The molecule has 1 heterocycles. The first-order chi connectivity index (χ1) is 4.74. The second-order valence-corrected chi connectivity index (χ2v) is 2.46. The maximum Gasteiger partial charge on any atom is 0.133 e. The Bertz CT molecular complexity index is 235. The van der Waals surface area contributed by atoms with Gasteiger partial charge in [0.2, 0.25) is 0 Å². The van der Waals surface area contributed by atoms with E-state index < -0.39 is 0 Å². The molecule has 0 aliphatic heterocycles. The molecular weight excluding hydrogens is 148 g/mol. The molecule has 2 nitrogen and oxygen atoms in total. The first kappa shape index (κ1) is 7.51. The molecular formula is C7H9ClN2. The summed E-state index contributed by atoms with van der Waals surface area (Å²) in [6.45, 7) is 2.35. The van der Waals surface area contributed by atoms with E-state index in [0.29, 0.717) is 11.7 Å². The topological polar surface area (TPSA) is 38.9 Å². The summed E-state index contributed by atoms with van der Waals surface area (Å²) in [5.74, 6) is 0. The Kier molecular flexibility index (Phi) is 2.25. The Morgan fingerprint density at radius 2 is 2.30 bits per heavy atom. The van der Waals surface area contributed by atoms with Gasteiger partial charge in [0, 0.05) is 17.8 Å². The van der Waals surface area contributed by atoms with Crippen LogP contribution in [0.15, 0.2) is 12.1 Å². The summed E-state index contributed by atoms with van der Waals surface area (Å²) in [4.78, 5) is 4.03. The molecule has 1 aromatic heterocycles. The standard InChI is InChI=1S/C7H9ClN2/c1-5-2-3-6(4-9)7(8)10-5/h2-3H,4,9H2,1H3. The second-order valence-electron chi connectivity index (χ2n) is 2.11. The first-order valence-electron chi connectivity index (χ1n) is 3.06. The van der Waals surface area contributed by atoms with Gasteiger partial charge < -0.3 is 5.73 Å². The number of nitrogens with two attached hydrogens (primary N) is 1. The minimum absolute atomic E-state index is 0.451. The summed E-state index contributed by atoms with van der Waals surface area (Å²) in [6.07, 6.45) is 0. The lowest BCUT2D eigenvalue weighted by molar-refractivity contribution is 1.03. The summed E-state index contributed by atoms with van der Waals surface area (Å²) >= 11 is 5.74. The predicted molar refractivity (Wildman–Crippen MR) is 41.9 cm³/mol. The highest BCUT2D eigenvalue weighted by Crippen LogP contribution is 2.11. The van der Waals surface area contributed by atoms with E-state index in [4.69, 9.17) is 17.3 Å². The number of pyridine rings is 1. The lowest BCUT2D eigenvalue weighted by Gasteiger charge is -1.99. The molecule has 0 aliphatic carbocycles. The highest BCUT2D eigenvalue weighted by molar-refractivity contribution is 6.30. The number of aryl methyl sites for hydroxylation is 1. The molecule has 0 unspecified atom stereocenters. The third-order valence-corrected chi connectivity index (χ3v) is 1.61. The average molecular weight is 157 g/mol. The lowest BCUT2D eigenvalue weighted by atomic mass is 10.2. The molecule has 0 bridgehead atoms. The zero-order valence-electron chi connectivity index (χ0n) is 5.76. The van der Waals surface area contributed by atoms with Crippen molar-refractivity contribution in [3.8, 4) is 0 Å². The maximum atomic E-state index is 5.74. The van der Waals surface area contributed by atoms with Crippen molar-refractivity contribution in [3.05, 3.63) is 28.5 Å². The zero-order chi connectivity index (χ0) is 7.56. The van der Waals surface area contributed by atoms with Crippen LogP contribution in [0, 0.1) is 6.92 Å². The van der Waals surface area contributed by atoms with Crippen LogP contribution in [0.25, 0.3) is 0 Å². The fourth-order valence-electron chi connectivity index (χ4n) is 0.706. The van der Waals surface area contributed by atoms with Gasteiger partial charge in [-0.25, -0.2) is 4.98 Å². The molecule has 3 heteroatoms. The molecule has 54 valence electrons. The van der Waals surface area contributed by atoms with Crippen LogP contribution in [-0.2, 0) is 6.54 Å². The fraction of sp³-hybridized carbons (Fsp3) is 0.286. The van der Waals surface area contributed by atoms with Crippen molar-refractivity contribution in [1.82, 2.24) is 4.98 Å². The molecule has 10 heavy (non-hydrogen) atoms. The molecule has 0 aliphatic rings. The van der Waals surface area contributed by atoms with Gasteiger partial charge in [0.05, 0.1) is 0 Å². The molecule has 0 radical (unpaired) electrons. The van der Waals surface area contributed by atoms with Gasteiger partial charge in [-0.3, -0.25) is 0 Å². The van der Waals surface area contributed by atoms with E-state index in [2.05, 4.69) is 4.98 Å². The van der Waals surface area contributed by atoms with E-state index in [1.54, 1.807) is 0 Å². The zero-order valence-corrected chi connectivity index (χ0v) is 6.52. The van der Waals surface area contributed by atoms with Crippen molar-refractivity contribution < 1.29 is 0 Å². The summed E-state index contributed by atoms with van der Waals surface area (Å²) in [7, 11) is 0. The second kappa shape index (κ2) is 2.99. The van der Waals surface area contributed by atoms with Crippen LogP contribution in [0.5, 0.6) is 0 Å². The normalized spacial score (nSPS) is 9.90. The van der Waals surface area contributed by atoms with Gasteiger partial charge in [0.1, 0.15) is 5.15 Å². The third-order valence-electron chi connectivity index (χ3n) is 1.29. The van der Waals surface area contributed by atoms with E-state index >= 15 is 0 Å². The molecule has 0 fully saturated rings. The van der Waals surface area contributed by atoms with Gasteiger partial charge in [0.15, 0.2) is 0 Å². The minimum atomic E-state index is 0.451. The van der Waals surface area contributed by atoms with Crippen LogP contribution < -0.4 is 5.73 Å². The van der Waals surface area contributed by atoms with Gasteiger partial charge in [-0.1, -0.05) is 17.7 Å². The molecule has 0 saturated carbocycles. The number of nitrogens with zero attached hydrogens (tertiary/aromatic N) is 1. The van der Waals surface area contributed by atoms with Crippen LogP contribution in [-0.4, -0.2) is 4.98 Å². The number of hydrogen-bond acceptors (Lipinski definition) is 2. The minimum Gasteiger partial charge on any atom is -0.326 e.